The molecule has 16 rings (SSSR count). The molecule has 1 spiro atoms. The second-order valence-electron chi connectivity index (χ2n) is 27.6. The molecule has 0 saturated heterocycles. The van der Waals surface area contributed by atoms with E-state index in [1.807, 2.05) is 0 Å². The Morgan fingerprint density at radius 2 is 0.978 bits per heavy atom. The van der Waals surface area contributed by atoms with Crippen LogP contribution in [0, 0.1) is 22.9 Å². The van der Waals surface area contributed by atoms with Crippen LogP contribution in [0.3, 0.4) is 0 Å². The fraction of sp³-hybridized carbons (Fsp3) is 0.347. The summed E-state index contributed by atoms with van der Waals surface area (Å²) in [6.07, 6.45) is 1.46. The molecule has 6 aliphatic rings. The fourth-order valence-electron chi connectivity index (χ4n) is 17.4. The summed E-state index contributed by atoms with van der Waals surface area (Å²) >= 11 is 0. The zero-order chi connectivity index (χ0) is 61.5. The van der Waals surface area contributed by atoms with E-state index in [2.05, 4.69) is 269 Å². The van der Waals surface area contributed by atoms with Gasteiger partial charge in [0.1, 0.15) is 39.1 Å². The standard InChI is InChI=1S/C75H77N12Si2/c1-15-35-82-63-41-59-57(39-61(63)76-65(82)51-29-25-49(26-30-51)33-37-88(43(3)4,44(5)6)45(7)8)71-78-67-54-22-18-20-24-56(54)70-81-74-60-42-64-62(77-66(83(64)36-16-2)52-31-27-50(28-32-52)34-38-89(46(9)10,47(11)12)48(13)14)40-58(60)72-79-68-53-21-17-19-23-55(53)69-80-73(59)86(71)75(84(68)69,85(67)70)87(72)74/h17-32,39-48,67H,15-16,35-36H2,1-14H3/q+1/t67?,75-/m1/s1. The minimum Gasteiger partial charge on any atom is -0.324 e. The van der Waals surface area contributed by atoms with E-state index in [0.717, 1.165) is 166 Å². The summed E-state index contributed by atoms with van der Waals surface area (Å²) < 4.78 is 12.1. The van der Waals surface area contributed by atoms with Crippen molar-refractivity contribution < 1.29 is 4.58 Å². The van der Waals surface area contributed by atoms with Crippen molar-refractivity contribution in [3.8, 4) is 45.7 Å². The third-order valence-corrected chi connectivity index (χ3v) is 33.8. The Labute approximate surface area is 523 Å². The number of hydrogen-bond acceptors (Lipinski definition) is 7. The van der Waals surface area contributed by atoms with Crippen LogP contribution in [0.4, 0.5) is 11.6 Å². The Balaban J connectivity index is 0.910. The number of aliphatic imine (C=N–C) groups is 2. The van der Waals surface area contributed by atoms with Crippen LogP contribution in [0.25, 0.3) is 66.4 Å². The number of amidine groups is 3. The van der Waals surface area contributed by atoms with Gasteiger partial charge in [-0.15, -0.1) is 11.1 Å². The summed E-state index contributed by atoms with van der Waals surface area (Å²) in [6, 6.07) is 44.3. The van der Waals surface area contributed by atoms with Crippen LogP contribution < -0.4 is 11.0 Å². The predicted octanol–water partition coefficient (Wildman–Crippen LogP) is 16.2. The summed E-state index contributed by atoms with van der Waals surface area (Å²) in [5.74, 6) is 12.4. The first kappa shape index (κ1) is 55.6. The zero-order valence-electron chi connectivity index (χ0n) is 53.8. The smallest absolute Gasteiger partial charge is 0.324 e. The molecule has 0 fully saturated rings. The number of fused-ring (bicyclic) bond motifs is 14. The Hall–Kier alpha value is -8.70. The van der Waals surface area contributed by atoms with E-state index < -0.39 is 28.2 Å². The zero-order valence-corrected chi connectivity index (χ0v) is 55.8. The van der Waals surface area contributed by atoms with Gasteiger partial charge in [-0.05, 0) is 107 Å². The van der Waals surface area contributed by atoms with Gasteiger partial charge in [-0.2, -0.15) is 4.58 Å². The lowest BCUT2D eigenvalue weighted by atomic mass is 10.1. The highest BCUT2D eigenvalue weighted by Crippen LogP contribution is 2.58. The average molecular weight is 1200 g/mol. The van der Waals surface area contributed by atoms with E-state index in [9.17, 15) is 0 Å². The molecular formula is C75H77N12Si2+. The van der Waals surface area contributed by atoms with E-state index in [-0.39, 0.29) is 0 Å². The molecule has 0 bridgehead atoms. The molecule has 0 radical (unpaired) electrons. The molecule has 6 aromatic carbocycles. The van der Waals surface area contributed by atoms with Crippen molar-refractivity contribution in [3.05, 3.63) is 166 Å². The van der Waals surface area contributed by atoms with Gasteiger partial charge in [0.15, 0.2) is 12.0 Å². The molecular weight excluding hydrogens is 1130 g/mol. The Kier molecular flexibility index (Phi) is 12.3. The number of aromatic nitrogens is 6. The Morgan fingerprint density at radius 1 is 0.506 bits per heavy atom. The monoisotopic (exact) mass is 1200 g/mol. The summed E-state index contributed by atoms with van der Waals surface area (Å²) in [5, 5.41) is 4.06. The minimum atomic E-state index is -1.90. The van der Waals surface area contributed by atoms with Gasteiger partial charge in [-0.3, -0.25) is 4.90 Å². The second-order valence-corrected chi connectivity index (χ2v) is 38.8. The molecule has 2 atom stereocenters. The maximum atomic E-state index is 5.90. The lowest BCUT2D eigenvalue weighted by Gasteiger charge is -2.50. The van der Waals surface area contributed by atoms with Crippen LogP contribution in [-0.4, -0.2) is 71.4 Å². The molecule has 89 heavy (non-hydrogen) atoms. The Bertz CT molecular complexity index is 5070. The SMILES string of the molecule is CCCn1c(-c2ccc(C#C[Si](C(C)C)(C(C)C)C(C)C)cc2)nc2cc3c4n5c(c3cc21)N=C1c2ccccc2C2N=c3c6cc7nc(-c8ccc(C#C[Si](C(C)C)(C(C)C)C(C)C)cc8)n(CCC)c7cc6c6n3[C@]5(N12)[N+]1=C(N=6)c2ccccc2C1=N4. The fourth-order valence-corrected chi connectivity index (χ4v) is 27.8. The molecule has 0 N–H and O–H groups in total. The lowest BCUT2D eigenvalue weighted by molar-refractivity contribution is -0.593. The average Bonchev–Trinajstić information content (AvgIpc) is 1.46. The van der Waals surface area contributed by atoms with Crippen molar-refractivity contribution in [2.75, 3.05) is 0 Å². The lowest BCUT2D eigenvalue weighted by Crippen LogP contribution is -2.73. The van der Waals surface area contributed by atoms with Crippen LogP contribution in [0.5, 0.6) is 0 Å². The topological polar surface area (TPSA) is 101 Å². The quantitative estimate of drug-likeness (QED) is 0.0692. The van der Waals surface area contributed by atoms with Gasteiger partial charge >= 0.3 is 5.91 Å². The molecule has 0 saturated carbocycles. The molecule has 1 unspecified atom stereocenters. The van der Waals surface area contributed by atoms with Crippen LogP contribution in [0.15, 0.2) is 141 Å². The maximum absolute atomic E-state index is 5.90. The van der Waals surface area contributed by atoms with E-state index >= 15 is 0 Å². The van der Waals surface area contributed by atoms with Crippen molar-refractivity contribution >= 4 is 88.9 Å². The minimum absolute atomic E-state index is 0.419. The van der Waals surface area contributed by atoms with Crippen LogP contribution >= 0.6 is 0 Å². The van der Waals surface area contributed by atoms with Crippen molar-refractivity contribution in [1.29, 1.82) is 0 Å². The van der Waals surface area contributed by atoms with Crippen molar-refractivity contribution in [2.45, 2.75) is 168 Å². The molecule has 4 aromatic heterocycles. The van der Waals surface area contributed by atoms with Crippen LogP contribution in [0.1, 0.15) is 149 Å². The molecule has 0 aliphatic carbocycles. The van der Waals surface area contributed by atoms with Gasteiger partial charge in [0.05, 0.1) is 33.2 Å². The van der Waals surface area contributed by atoms with Gasteiger partial charge in [-0.1, -0.05) is 179 Å². The van der Waals surface area contributed by atoms with Crippen LogP contribution in [-0.2, 0) is 19.0 Å². The van der Waals surface area contributed by atoms with Gasteiger partial charge < -0.3 is 9.13 Å². The van der Waals surface area contributed by atoms with Gasteiger partial charge in [-0.25, -0.2) is 29.1 Å². The number of aryl methyl sites for hydroxylation is 2. The number of nitrogens with zero attached hydrogens (tertiary/aromatic N) is 12. The van der Waals surface area contributed by atoms with Crippen molar-refractivity contribution in [3.63, 3.8) is 0 Å². The van der Waals surface area contributed by atoms with Gasteiger partial charge in [0, 0.05) is 68.0 Å². The Morgan fingerprint density at radius 3 is 1.52 bits per heavy atom. The van der Waals surface area contributed by atoms with Gasteiger partial charge in [0.2, 0.25) is 11.3 Å². The van der Waals surface area contributed by atoms with Crippen molar-refractivity contribution in [1.82, 2.24) is 33.1 Å². The molecule has 12 nitrogen and oxygen atoms in total. The number of imidazole rings is 2. The molecule has 10 aromatic rings. The number of benzene rings is 6. The van der Waals surface area contributed by atoms with Crippen LogP contribution in [0.2, 0.25) is 33.2 Å². The van der Waals surface area contributed by atoms with Crippen molar-refractivity contribution in [2.24, 2.45) is 20.0 Å². The summed E-state index contributed by atoms with van der Waals surface area (Å²) in [5.41, 5.74) is 25.5. The third-order valence-electron chi connectivity index (χ3n) is 21.2. The first-order valence-corrected chi connectivity index (χ1v) is 37.1. The largest absolute Gasteiger partial charge is 0.352 e. The van der Waals surface area contributed by atoms with E-state index in [4.69, 9.17) is 29.9 Å². The summed E-state index contributed by atoms with van der Waals surface area (Å²) in [4.78, 5) is 37.0. The highest BCUT2D eigenvalue weighted by Gasteiger charge is 2.68. The first-order chi connectivity index (χ1) is 43.0. The normalized spacial score (nSPS) is 17.4. The summed E-state index contributed by atoms with van der Waals surface area (Å²) in [7, 11) is -3.81. The second kappa shape index (κ2) is 19.7. The van der Waals surface area contributed by atoms with E-state index in [1.165, 1.54) is 0 Å². The highest BCUT2D eigenvalue weighted by atomic mass is 28.3. The van der Waals surface area contributed by atoms with Gasteiger partial charge in [0.25, 0.3) is 11.7 Å². The molecule has 14 heteroatoms. The summed E-state index contributed by atoms with van der Waals surface area (Å²) in [6.45, 7) is 34.6. The maximum Gasteiger partial charge on any atom is 0.352 e. The molecule has 10 heterocycles. The molecule has 0 amide bonds. The first-order valence-electron chi connectivity index (χ1n) is 32.7. The number of rotatable bonds is 12. The van der Waals surface area contributed by atoms with E-state index in [1.54, 1.807) is 0 Å². The predicted molar refractivity (Wildman–Crippen MR) is 368 cm³/mol. The molecule has 6 aliphatic heterocycles. The number of hydrogen-bond donors (Lipinski definition) is 0. The van der Waals surface area contributed by atoms with E-state index in [0.29, 0.717) is 33.2 Å². The highest BCUT2D eigenvalue weighted by molar-refractivity contribution is 6.91. The third kappa shape index (κ3) is 7.27. The molecule has 444 valence electrons.